The molecule has 0 radical (unpaired) electrons. The van der Waals surface area contributed by atoms with Crippen molar-refractivity contribution in [1.82, 2.24) is 0 Å². The molecule has 1 aliphatic heterocycles. The summed E-state index contributed by atoms with van der Waals surface area (Å²) in [6.45, 7) is 10.5. The zero-order chi connectivity index (χ0) is 26.9. The molecule has 0 bridgehead atoms. The van der Waals surface area contributed by atoms with Crippen LogP contribution in [0.2, 0.25) is 0 Å². The second kappa shape index (κ2) is 10.1. The molecular weight excluding hydrogens is 466 g/mol. The number of benzene rings is 3. The highest BCUT2D eigenvalue weighted by Crippen LogP contribution is 2.45. The van der Waals surface area contributed by atoms with Gasteiger partial charge in [-0.1, -0.05) is 56.7 Å². The Hall–Kier alpha value is -4.06. The van der Waals surface area contributed by atoms with Crippen LogP contribution in [0.25, 0.3) is 5.76 Å². The van der Waals surface area contributed by atoms with Gasteiger partial charge in [-0.3, -0.25) is 14.5 Å². The summed E-state index contributed by atoms with van der Waals surface area (Å²) in [6, 6.07) is 19.1. The van der Waals surface area contributed by atoms with E-state index in [1.54, 1.807) is 37.4 Å². The number of amides is 1. The van der Waals surface area contributed by atoms with Gasteiger partial charge in [0.05, 0.1) is 25.3 Å². The minimum atomic E-state index is -0.872. The van der Waals surface area contributed by atoms with Crippen molar-refractivity contribution < 1.29 is 24.2 Å². The predicted molar refractivity (Wildman–Crippen MR) is 145 cm³/mol. The molecule has 1 saturated heterocycles. The topological polar surface area (TPSA) is 76.1 Å². The molecule has 4 rings (SSSR count). The van der Waals surface area contributed by atoms with Gasteiger partial charge in [0.25, 0.3) is 11.7 Å². The first kappa shape index (κ1) is 26.0. The van der Waals surface area contributed by atoms with E-state index in [0.29, 0.717) is 34.9 Å². The highest BCUT2D eigenvalue weighted by molar-refractivity contribution is 6.51. The lowest BCUT2D eigenvalue weighted by Gasteiger charge is -2.27. The van der Waals surface area contributed by atoms with E-state index in [4.69, 9.17) is 9.47 Å². The second-order valence-electron chi connectivity index (χ2n) is 10.1. The van der Waals surface area contributed by atoms with Crippen LogP contribution in [0.15, 0.2) is 72.3 Å². The average molecular weight is 500 g/mol. The number of methoxy groups -OCH3 is 1. The summed E-state index contributed by atoms with van der Waals surface area (Å²) in [7, 11) is 1.54. The minimum absolute atomic E-state index is 0.0131. The Morgan fingerprint density at radius 2 is 1.65 bits per heavy atom. The third-order valence-corrected chi connectivity index (χ3v) is 6.55. The summed E-state index contributed by atoms with van der Waals surface area (Å²) >= 11 is 0. The summed E-state index contributed by atoms with van der Waals surface area (Å²) in [4.78, 5) is 28.4. The van der Waals surface area contributed by atoms with Gasteiger partial charge in [-0.15, -0.1) is 0 Å². The maximum absolute atomic E-state index is 13.5. The normalized spacial score (nSPS) is 17.2. The van der Waals surface area contributed by atoms with Crippen molar-refractivity contribution in [3.8, 4) is 11.5 Å². The molecule has 37 heavy (non-hydrogen) atoms. The number of carbonyl (C=O) groups excluding carboxylic acids is 2. The number of hydrogen-bond donors (Lipinski definition) is 1. The summed E-state index contributed by atoms with van der Waals surface area (Å²) in [5, 5.41) is 11.6. The third kappa shape index (κ3) is 4.84. The Balaban J connectivity index is 1.98. The van der Waals surface area contributed by atoms with Crippen LogP contribution < -0.4 is 14.4 Å². The first-order valence-electron chi connectivity index (χ1n) is 12.4. The highest BCUT2D eigenvalue weighted by Gasteiger charge is 2.48. The van der Waals surface area contributed by atoms with Crippen LogP contribution in [0, 0.1) is 6.92 Å². The first-order chi connectivity index (χ1) is 17.6. The van der Waals surface area contributed by atoms with Gasteiger partial charge in [0.15, 0.2) is 0 Å². The molecule has 0 aromatic heterocycles. The van der Waals surface area contributed by atoms with Crippen molar-refractivity contribution in [2.24, 2.45) is 0 Å². The highest BCUT2D eigenvalue weighted by atomic mass is 16.5. The lowest BCUT2D eigenvalue weighted by molar-refractivity contribution is -0.132. The summed E-state index contributed by atoms with van der Waals surface area (Å²) in [5.41, 5.74) is 3.25. The lowest BCUT2D eigenvalue weighted by atomic mass is 9.84. The van der Waals surface area contributed by atoms with Crippen LogP contribution in [0.3, 0.4) is 0 Å². The van der Waals surface area contributed by atoms with Gasteiger partial charge in [0.1, 0.15) is 17.3 Å². The number of ketones is 1. The molecule has 0 saturated carbocycles. The molecular formula is C31H33NO5. The van der Waals surface area contributed by atoms with Crippen molar-refractivity contribution in [2.45, 2.75) is 46.1 Å². The minimum Gasteiger partial charge on any atom is -0.507 e. The number of aryl methyl sites for hydroxylation is 1. The number of aliphatic hydroxyl groups is 1. The summed E-state index contributed by atoms with van der Waals surface area (Å²) in [5.74, 6) is -0.465. The molecule has 1 N–H and O–H groups in total. The van der Waals surface area contributed by atoms with Gasteiger partial charge in [0, 0.05) is 22.4 Å². The third-order valence-electron chi connectivity index (χ3n) is 6.55. The summed E-state index contributed by atoms with van der Waals surface area (Å²) in [6.07, 6.45) is 0. The number of aliphatic hydroxyl groups excluding tert-OH is 1. The van der Waals surface area contributed by atoms with E-state index in [9.17, 15) is 14.7 Å². The van der Waals surface area contributed by atoms with E-state index >= 15 is 0 Å². The molecule has 1 amide bonds. The average Bonchev–Trinajstić information content (AvgIpc) is 3.14. The number of carbonyl (C=O) groups is 2. The molecule has 1 atom stereocenters. The number of Topliss-reactive ketones (excluding diaryl/α,β-unsaturated/α-hetero) is 1. The van der Waals surface area contributed by atoms with Crippen LogP contribution in [0.4, 0.5) is 5.69 Å². The first-order valence-corrected chi connectivity index (χ1v) is 12.4. The van der Waals surface area contributed by atoms with Crippen molar-refractivity contribution in [3.05, 3.63) is 94.6 Å². The van der Waals surface area contributed by atoms with E-state index in [0.717, 1.165) is 11.1 Å². The zero-order valence-corrected chi connectivity index (χ0v) is 22.2. The molecule has 0 spiro atoms. The van der Waals surface area contributed by atoms with Crippen molar-refractivity contribution in [1.29, 1.82) is 0 Å². The van der Waals surface area contributed by atoms with Crippen LogP contribution in [0.5, 0.6) is 11.5 Å². The fourth-order valence-electron chi connectivity index (χ4n) is 4.69. The quantitative estimate of drug-likeness (QED) is 0.244. The Bertz CT molecular complexity index is 1370. The van der Waals surface area contributed by atoms with Gasteiger partial charge in [-0.25, -0.2) is 0 Å². The van der Waals surface area contributed by atoms with E-state index in [-0.39, 0.29) is 16.7 Å². The molecule has 6 nitrogen and oxygen atoms in total. The maximum atomic E-state index is 13.5. The molecule has 1 unspecified atom stereocenters. The molecule has 1 fully saturated rings. The number of para-hydroxylation sites is 1. The number of nitrogens with zero attached hydrogens (tertiary/aromatic N) is 1. The van der Waals surface area contributed by atoms with Gasteiger partial charge >= 0.3 is 0 Å². The van der Waals surface area contributed by atoms with E-state index in [2.05, 4.69) is 20.8 Å². The lowest BCUT2D eigenvalue weighted by Crippen LogP contribution is -2.29. The Morgan fingerprint density at radius 1 is 0.973 bits per heavy atom. The van der Waals surface area contributed by atoms with Crippen molar-refractivity contribution >= 4 is 23.1 Å². The fraction of sp³-hybridized carbons (Fsp3) is 0.290. The van der Waals surface area contributed by atoms with Gasteiger partial charge < -0.3 is 14.6 Å². The number of ether oxygens (including phenoxy) is 2. The molecule has 3 aromatic carbocycles. The van der Waals surface area contributed by atoms with Gasteiger partial charge in [-0.2, -0.15) is 0 Å². The van der Waals surface area contributed by atoms with Gasteiger partial charge in [-0.05, 0) is 55.7 Å². The number of rotatable bonds is 6. The Labute approximate surface area is 218 Å². The van der Waals surface area contributed by atoms with E-state index in [1.807, 2.05) is 50.2 Å². The molecule has 1 heterocycles. The SMILES string of the molecule is CCOc1ccc(/C(O)=C2\C(=O)C(=O)N(c3ccc(C)cc3)C2c2ccccc2OC)cc1C(C)(C)C. The Morgan fingerprint density at radius 3 is 2.27 bits per heavy atom. The van der Waals surface area contributed by atoms with E-state index in [1.165, 1.54) is 4.90 Å². The van der Waals surface area contributed by atoms with Crippen LogP contribution in [0.1, 0.15) is 56.0 Å². The monoisotopic (exact) mass is 499 g/mol. The maximum Gasteiger partial charge on any atom is 0.300 e. The summed E-state index contributed by atoms with van der Waals surface area (Å²) < 4.78 is 11.4. The fourth-order valence-corrected chi connectivity index (χ4v) is 4.69. The molecule has 1 aliphatic rings. The van der Waals surface area contributed by atoms with Crippen LogP contribution in [-0.4, -0.2) is 30.5 Å². The van der Waals surface area contributed by atoms with E-state index < -0.39 is 17.7 Å². The molecule has 192 valence electrons. The zero-order valence-electron chi connectivity index (χ0n) is 22.2. The number of hydrogen-bond acceptors (Lipinski definition) is 5. The van der Waals surface area contributed by atoms with Crippen LogP contribution >= 0.6 is 0 Å². The number of anilines is 1. The van der Waals surface area contributed by atoms with Crippen molar-refractivity contribution in [3.63, 3.8) is 0 Å². The standard InChI is InChI=1S/C31H33NO5/c1-7-37-25-17-14-20(18-23(25)31(3,4)5)28(33)26-27(22-10-8-9-11-24(22)36-6)32(30(35)29(26)34)21-15-12-19(2)13-16-21/h8-18,27,33H,7H2,1-6H3/b28-26+. The largest absolute Gasteiger partial charge is 0.507 e. The van der Waals surface area contributed by atoms with Gasteiger partial charge in [0.2, 0.25) is 0 Å². The Kier molecular flexibility index (Phi) is 7.12. The van der Waals surface area contributed by atoms with Crippen LogP contribution in [-0.2, 0) is 15.0 Å². The van der Waals surface area contributed by atoms with Crippen molar-refractivity contribution in [2.75, 3.05) is 18.6 Å². The molecule has 3 aromatic rings. The molecule has 6 heteroatoms. The molecule has 0 aliphatic carbocycles. The second-order valence-corrected chi connectivity index (χ2v) is 10.1. The predicted octanol–water partition coefficient (Wildman–Crippen LogP) is 6.33. The smallest absolute Gasteiger partial charge is 0.300 e.